The number of carbonyl (C=O) groups excluding carboxylic acids is 1. The third-order valence-electron chi connectivity index (χ3n) is 3.31. The summed E-state index contributed by atoms with van der Waals surface area (Å²) in [6.45, 7) is 0.296. The molecule has 1 aromatic heterocycles. The molecule has 120 valence electrons. The number of nitrogens with zero attached hydrogens (tertiary/aromatic N) is 2. The minimum absolute atomic E-state index is 0.218. The molecule has 0 fully saturated rings. The van der Waals surface area contributed by atoms with Gasteiger partial charge in [-0.25, -0.2) is 4.39 Å². The van der Waals surface area contributed by atoms with Crippen LogP contribution in [0.1, 0.15) is 16.1 Å². The molecule has 3 aromatic rings. The molecule has 0 aliphatic rings. The van der Waals surface area contributed by atoms with Crippen LogP contribution in [0.5, 0.6) is 0 Å². The molecule has 2 N–H and O–H groups in total. The molecule has 0 spiro atoms. The second kappa shape index (κ2) is 7.32. The number of hydrogen-bond acceptors (Lipinski definition) is 4. The molecule has 1 amide bonds. The fraction of sp³-hybridized carbons (Fsp3) is 0.0556. The van der Waals surface area contributed by atoms with E-state index >= 15 is 0 Å². The SMILES string of the molecule is O=C(NCc1ccc(F)cc1)c1ccc(Nc2ccccc2)nn1. The zero-order valence-corrected chi connectivity index (χ0v) is 12.7. The summed E-state index contributed by atoms with van der Waals surface area (Å²) in [5.41, 5.74) is 1.91. The summed E-state index contributed by atoms with van der Waals surface area (Å²) >= 11 is 0. The normalized spacial score (nSPS) is 10.2. The number of anilines is 2. The van der Waals surface area contributed by atoms with E-state index in [2.05, 4.69) is 20.8 Å². The molecule has 5 nitrogen and oxygen atoms in total. The minimum Gasteiger partial charge on any atom is -0.347 e. The van der Waals surface area contributed by atoms with Crippen molar-refractivity contribution in [1.82, 2.24) is 15.5 Å². The topological polar surface area (TPSA) is 66.9 Å². The molecule has 0 aliphatic heterocycles. The van der Waals surface area contributed by atoms with Gasteiger partial charge in [0.15, 0.2) is 11.5 Å². The van der Waals surface area contributed by atoms with Gasteiger partial charge in [-0.15, -0.1) is 10.2 Å². The smallest absolute Gasteiger partial charge is 0.272 e. The van der Waals surface area contributed by atoms with E-state index in [1.54, 1.807) is 24.3 Å². The monoisotopic (exact) mass is 322 g/mol. The van der Waals surface area contributed by atoms with Crippen molar-refractivity contribution in [2.75, 3.05) is 5.32 Å². The molecule has 0 atom stereocenters. The first-order valence-corrected chi connectivity index (χ1v) is 7.39. The average Bonchev–Trinajstić information content (AvgIpc) is 2.62. The van der Waals surface area contributed by atoms with E-state index in [-0.39, 0.29) is 17.4 Å². The van der Waals surface area contributed by atoms with Crippen molar-refractivity contribution in [3.05, 3.63) is 83.8 Å². The van der Waals surface area contributed by atoms with Gasteiger partial charge in [-0.3, -0.25) is 4.79 Å². The van der Waals surface area contributed by atoms with Crippen LogP contribution in [0.25, 0.3) is 0 Å². The average molecular weight is 322 g/mol. The molecule has 0 radical (unpaired) electrons. The molecule has 3 rings (SSSR count). The van der Waals surface area contributed by atoms with E-state index in [4.69, 9.17) is 0 Å². The number of amides is 1. The fourth-order valence-electron chi connectivity index (χ4n) is 2.06. The first-order chi connectivity index (χ1) is 11.7. The quantitative estimate of drug-likeness (QED) is 0.756. The lowest BCUT2D eigenvalue weighted by molar-refractivity contribution is 0.0945. The Labute approximate surface area is 138 Å². The molecule has 6 heteroatoms. The van der Waals surface area contributed by atoms with Crippen molar-refractivity contribution < 1.29 is 9.18 Å². The fourth-order valence-corrected chi connectivity index (χ4v) is 2.06. The summed E-state index contributed by atoms with van der Waals surface area (Å²) in [6, 6.07) is 18.8. The molecule has 0 saturated carbocycles. The number of hydrogen-bond donors (Lipinski definition) is 2. The van der Waals surface area contributed by atoms with Crippen molar-refractivity contribution in [3.8, 4) is 0 Å². The molecule has 0 aliphatic carbocycles. The van der Waals surface area contributed by atoms with Crippen LogP contribution in [0.15, 0.2) is 66.7 Å². The Morgan fingerprint density at radius 2 is 1.67 bits per heavy atom. The number of halogens is 1. The molecular formula is C18H15FN4O. The number of rotatable bonds is 5. The Balaban J connectivity index is 1.58. The Morgan fingerprint density at radius 1 is 0.917 bits per heavy atom. The first-order valence-electron chi connectivity index (χ1n) is 7.39. The third-order valence-corrected chi connectivity index (χ3v) is 3.31. The van der Waals surface area contributed by atoms with Gasteiger partial charge in [0.1, 0.15) is 5.82 Å². The highest BCUT2D eigenvalue weighted by Crippen LogP contribution is 2.12. The number of aromatic nitrogens is 2. The van der Waals surface area contributed by atoms with Gasteiger partial charge in [0.2, 0.25) is 0 Å². The van der Waals surface area contributed by atoms with Crippen LogP contribution in [-0.2, 0) is 6.54 Å². The number of benzene rings is 2. The lowest BCUT2D eigenvalue weighted by Crippen LogP contribution is -2.24. The van der Waals surface area contributed by atoms with E-state index in [0.29, 0.717) is 12.4 Å². The molecule has 0 unspecified atom stereocenters. The van der Waals surface area contributed by atoms with Crippen LogP contribution >= 0.6 is 0 Å². The Hall–Kier alpha value is -3.28. The van der Waals surface area contributed by atoms with Gasteiger partial charge in [0, 0.05) is 12.2 Å². The lowest BCUT2D eigenvalue weighted by atomic mass is 10.2. The zero-order chi connectivity index (χ0) is 16.8. The lowest BCUT2D eigenvalue weighted by Gasteiger charge is -2.06. The summed E-state index contributed by atoms with van der Waals surface area (Å²) < 4.78 is 12.8. The van der Waals surface area contributed by atoms with Crippen LogP contribution in [0.3, 0.4) is 0 Å². The number of para-hydroxylation sites is 1. The predicted molar refractivity (Wildman–Crippen MR) is 89.3 cm³/mol. The second-order valence-electron chi connectivity index (χ2n) is 5.10. The molecule has 2 aromatic carbocycles. The van der Waals surface area contributed by atoms with Crippen LogP contribution in [0.4, 0.5) is 15.9 Å². The number of carbonyl (C=O) groups is 1. The largest absolute Gasteiger partial charge is 0.347 e. The van der Waals surface area contributed by atoms with Crippen molar-refractivity contribution in [2.24, 2.45) is 0 Å². The van der Waals surface area contributed by atoms with Gasteiger partial charge in [0.05, 0.1) is 0 Å². The highest BCUT2D eigenvalue weighted by atomic mass is 19.1. The summed E-state index contributed by atoms with van der Waals surface area (Å²) in [7, 11) is 0. The predicted octanol–water partition coefficient (Wildman–Crippen LogP) is 3.29. The van der Waals surface area contributed by atoms with E-state index in [9.17, 15) is 9.18 Å². The molecule has 0 bridgehead atoms. The van der Waals surface area contributed by atoms with Crippen LogP contribution in [0, 0.1) is 5.82 Å². The van der Waals surface area contributed by atoms with E-state index in [1.165, 1.54) is 12.1 Å². The van der Waals surface area contributed by atoms with Gasteiger partial charge in [-0.2, -0.15) is 0 Å². The van der Waals surface area contributed by atoms with Gasteiger partial charge >= 0.3 is 0 Å². The van der Waals surface area contributed by atoms with Gasteiger partial charge in [-0.05, 0) is 42.0 Å². The van der Waals surface area contributed by atoms with E-state index < -0.39 is 0 Å². The third kappa shape index (κ3) is 4.13. The number of nitrogens with one attached hydrogen (secondary N) is 2. The molecular weight excluding hydrogens is 307 g/mol. The first kappa shape index (κ1) is 15.6. The highest BCUT2D eigenvalue weighted by molar-refractivity contribution is 5.92. The zero-order valence-electron chi connectivity index (χ0n) is 12.7. The standard InChI is InChI=1S/C18H15FN4O/c19-14-8-6-13(7-9-14)12-20-18(24)16-10-11-17(23-22-16)21-15-4-2-1-3-5-15/h1-11H,12H2,(H,20,24)(H,21,23). The minimum atomic E-state index is -0.335. The van der Waals surface area contributed by atoms with Gasteiger partial charge in [-0.1, -0.05) is 30.3 Å². The van der Waals surface area contributed by atoms with Crippen LogP contribution < -0.4 is 10.6 Å². The maximum absolute atomic E-state index is 12.8. The van der Waals surface area contributed by atoms with Crippen molar-refractivity contribution in [1.29, 1.82) is 0 Å². The second-order valence-corrected chi connectivity index (χ2v) is 5.10. The summed E-state index contributed by atoms with van der Waals surface area (Å²) in [5, 5.41) is 13.7. The van der Waals surface area contributed by atoms with Gasteiger partial charge in [0.25, 0.3) is 5.91 Å². The van der Waals surface area contributed by atoms with E-state index in [0.717, 1.165) is 11.3 Å². The maximum Gasteiger partial charge on any atom is 0.272 e. The molecule has 0 saturated heterocycles. The van der Waals surface area contributed by atoms with Crippen molar-refractivity contribution in [2.45, 2.75) is 6.54 Å². The summed E-state index contributed by atoms with van der Waals surface area (Å²) in [4.78, 5) is 12.0. The molecule has 24 heavy (non-hydrogen) atoms. The van der Waals surface area contributed by atoms with Crippen LogP contribution in [-0.4, -0.2) is 16.1 Å². The van der Waals surface area contributed by atoms with E-state index in [1.807, 2.05) is 30.3 Å². The highest BCUT2D eigenvalue weighted by Gasteiger charge is 2.08. The van der Waals surface area contributed by atoms with Crippen LogP contribution in [0.2, 0.25) is 0 Å². The Kier molecular flexibility index (Phi) is 4.76. The summed E-state index contributed by atoms with van der Waals surface area (Å²) in [5.74, 6) is -0.0909. The Morgan fingerprint density at radius 3 is 2.33 bits per heavy atom. The van der Waals surface area contributed by atoms with Crippen molar-refractivity contribution in [3.63, 3.8) is 0 Å². The van der Waals surface area contributed by atoms with Gasteiger partial charge < -0.3 is 10.6 Å². The maximum atomic E-state index is 12.8. The van der Waals surface area contributed by atoms with Crippen molar-refractivity contribution >= 4 is 17.4 Å². The molecule has 1 heterocycles. The summed E-state index contributed by atoms with van der Waals surface area (Å²) in [6.07, 6.45) is 0. The Bertz CT molecular complexity index is 805.